The Morgan fingerprint density at radius 1 is 1.12 bits per heavy atom. The largest absolute Gasteiger partial charge is 0.363 e. The molecule has 0 saturated heterocycles. The maximum absolute atomic E-state index is 14.1. The molecule has 0 amide bonds. The Labute approximate surface area is 192 Å². The van der Waals surface area contributed by atoms with Crippen LogP contribution in [0.1, 0.15) is 18.1 Å². The molecule has 0 bridgehead atoms. The fraction of sp³-hybridized carbons (Fsp3) is 0.154. The summed E-state index contributed by atoms with van der Waals surface area (Å²) in [4.78, 5) is 2.18. The Balaban J connectivity index is 1.53. The first-order chi connectivity index (χ1) is 15.9. The molecule has 2 aliphatic heterocycles. The predicted octanol–water partition coefficient (Wildman–Crippen LogP) is 4.31. The lowest BCUT2D eigenvalue weighted by molar-refractivity contribution is 0.520. The molecule has 0 radical (unpaired) electrons. The van der Waals surface area contributed by atoms with Gasteiger partial charge in [0.15, 0.2) is 5.82 Å². The number of nitrogens with two attached hydrogens (primary N) is 1. The molecule has 166 valence electrons. The highest BCUT2D eigenvalue weighted by Gasteiger charge is 2.26. The Bertz CT molecular complexity index is 1360. The highest BCUT2D eigenvalue weighted by atomic mass is 19.1. The van der Waals surface area contributed by atoms with Crippen LogP contribution in [0.2, 0.25) is 0 Å². The summed E-state index contributed by atoms with van der Waals surface area (Å²) in [6.07, 6.45) is 7.74. The molecule has 3 heterocycles. The van der Waals surface area contributed by atoms with Gasteiger partial charge in [0.2, 0.25) is 0 Å². The normalized spacial score (nSPS) is 15.5. The van der Waals surface area contributed by atoms with Crippen LogP contribution >= 0.6 is 0 Å². The van der Waals surface area contributed by atoms with Crippen LogP contribution in [0.5, 0.6) is 0 Å². The second-order valence-corrected chi connectivity index (χ2v) is 8.32. The number of rotatable bonds is 4. The van der Waals surface area contributed by atoms with Gasteiger partial charge in [-0.1, -0.05) is 24.8 Å². The Morgan fingerprint density at radius 2 is 1.97 bits per heavy atom. The van der Waals surface area contributed by atoms with Gasteiger partial charge < -0.3 is 20.5 Å². The summed E-state index contributed by atoms with van der Waals surface area (Å²) in [5.74, 6) is 0.301. The van der Waals surface area contributed by atoms with Gasteiger partial charge in [-0.3, -0.25) is 0 Å². The van der Waals surface area contributed by atoms with Crippen LogP contribution in [0.4, 0.5) is 4.39 Å². The van der Waals surface area contributed by atoms with Crippen LogP contribution in [0.15, 0.2) is 84.6 Å². The lowest BCUT2D eigenvalue weighted by Crippen LogP contribution is -2.15. The first-order valence-corrected chi connectivity index (χ1v) is 10.7. The summed E-state index contributed by atoms with van der Waals surface area (Å²) in [6.45, 7) is 7.57. The molecule has 0 aliphatic carbocycles. The smallest absolute Gasteiger partial charge is 0.164 e. The first-order valence-electron chi connectivity index (χ1n) is 10.7. The van der Waals surface area contributed by atoms with Crippen molar-refractivity contribution in [3.63, 3.8) is 0 Å². The van der Waals surface area contributed by atoms with Crippen molar-refractivity contribution in [1.29, 1.82) is 0 Å². The first kappa shape index (κ1) is 20.9. The van der Waals surface area contributed by atoms with E-state index in [9.17, 15) is 4.39 Å². The van der Waals surface area contributed by atoms with E-state index in [1.807, 2.05) is 20.2 Å². The van der Waals surface area contributed by atoms with E-state index in [1.165, 1.54) is 17.7 Å². The minimum atomic E-state index is -0.312. The van der Waals surface area contributed by atoms with Gasteiger partial charge in [0.25, 0.3) is 0 Å². The number of nitrogens with one attached hydrogen (secondary N) is 1. The number of fused-ring (bicyclic) bond motifs is 1. The number of hydrogen-bond donors (Lipinski definition) is 2. The molecule has 0 unspecified atom stereocenters. The molecule has 0 fully saturated rings. The second-order valence-electron chi connectivity index (χ2n) is 8.32. The van der Waals surface area contributed by atoms with Crippen LogP contribution in [0, 0.1) is 5.82 Å². The van der Waals surface area contributed by atoms with E-state index in [1.54, 1.807) is 17.0 Å². The van der Waals surface area contributed by atoms with E-state index in [2.05, 4.69) is 57.3 Å². The third-order valence-corrected chi connectivity index (χ3v) is 6.05. The van der Waals surface area contributed by atoms with E-state index >= 15 is 0 Å². The van der Waals surface area contributed by atoms with Crippen LogP contribution < -0.4 is 11.1 Å². The number of aryl methyl sites for hydroxylation is 1. The summed E-state index contributed by atoms with van der Waals surface area (Å²) in [5.41, 5.74) is 14.7. The van der Waals surface area contributed by atoms with Crippen molar-refractivity contribution in [2.45, 2.75) is 13.5 Å². The van der Waals surface area contributed by atoms with Crippen LogP contribution in [-0.2, 0) is 13.6 Å². The zero-order valence-electron chi connectivity index (χ0n) is 18.6. The minimum Gasteiger partial charge on any atom is -0.363 e. The Kier molecular flexibility index (Phi) is 5.18. The van der Waals surface area contributed by atoms with Crippen molar-refractivity contribution >= 4 is 5.70 Å². The molecule has 2 aromatic carbocycles. The van der Waals surface area contributed by atoms with E-state index < -0.39 is 0 Å². The van der Waals surface area contributed by atoms with Gasteiger partial charge in [-0.25, -0.2) is 4.39 Å². The monoisotopic (exact) mass is 440 g/mol. The van der Waals surface area contributed by atoms with Gasteiger partial charge in [-0.15, -0.1) is 10.2 Å². The molecule has 0 saturated carbocycles. The van der Waals surface area contributed by atoms with E-state index in [0.717, 1.165) is 45.9 Å². The highest BCUT2D eigenvalue weighted by molar-refractivity contribution is 5.84. The fourth-order valence-electron chi connectivity index (χ4n) is 4.34. The van der Waals surface area contributed by atoms with Crippen molar-refractivity contribution in [3.8, 4) is 22.5 Å². The topological polar surface area (TPSA) is 72.0 Å². The average Bonchev–Trinajstić information content (AvgIpc) is 3.32. The quantitative estimate of drug-likeness (QED) is 0.633. The minimum absolute atomic E-state index is 0.312. The molecule has 5 rings (SSSR count). The lowest BCUT2D eigenvalue weighted by Gasteiger charge is -2.21. The molecule has 7 heteroatoms. The summed E-state index contributed by atoms with van der Waals surface area (Å²) in [5, 5.41) is 11.5. The van der Waals surface area contributed by atoms with Gasteiger partial charge in [0.05, 0.1) is 5.70 Å². The summed E-state index contributed by atoms with van der Waals surface area (Å²) < 4.78 is 15.9. The second kappa shape index (κ2) is 8.18. The molecule has 3 N–H and O–H groups in total. The predicted molar refractivity (Wildman–Crippen MR) is 129 cm³/mol. The molecule has 0 atom stereocenters. The number of allylic oxidation sites excluding steroid dienone is 2. The number of benzene rings is 2. The van der Waals surface area contributed by atoms with E-state index in [4.69, 9.17) is 5.73 Å². The molecule has 0 spiro atoms. The number of hydrogen-bond acceptors (Lipinski definition) is 5. The summed E-state index contributed by atoms with van der Waals surface area (Å²) in [7, 11) is 1.85. The SMILES string of the molecule is C=C1c2cc(-c3ccc(F)cc3-c3nncn3C)ccc2CN1C1=CNC(C)=CC(CN)=C1. The van der Waals surface area contributed by atoms with Crippen molar-refractivity contribution in [3.05, 3.63) is 102 Å². The van der Waals surface area contributed by atoms with E-state index in [-0.39, 0.29) is 5.82 Å². The number of nitrogens with zero attached hydrogens (tertiary/aromatic N) is 4. The molecule has 6 nitrogen and oxygen atoms in total. The molecule has 2 aliphatic rings. The molecule has 3 aromatic rings. The number of aromatic nitrogens is 3. The Hall–Kier alpha value is -3.97. The van der Waals surface area contributed by atoms with Crippen LogP contribution in [-0.4, -0.2) is 26.2 Å². The van der Waals surface area contributed by atoms with Gasteiger partial charge in [0, 0.05) is 48.9 Å². The van der Waals surface area contributed by atoms with Crippen molar-refractivity contribution in [2.24, 2.45) is 12.8 Å². The van der Waals surface area contributed by atoms with Crippen molar-refractivity contribution in [2.75, 3.05) is 6.54 Å². The summed E-state index contributed by atoms with van der Waals surface area (Å²) in [6, 6.07) is 11.1. The standard InChI is InChI=1S/C26H25FN6/c1-16-8-18(12-28)9-22(13-29-16)33-14-20-5-4-19(10-24(20)17(33)2)23-7-6-21(27)11-25(23)26-31-30-15-32(26)3/h4-11,13,15,29H,2,12,14,28H2,1,3H3. The molecular formula is C26H25FN6. The molecule has 1 aromatic heterocycles. The molecule has 33 heavy (non-hydrogen) atoms. The highest BCUT2D eigenvalue weighted by Crippen LogP contribution is 2.39. The molecular weight excluding hydrogens is 415 g/mol. The van der Waals surface area contributed by atoms with E-state index in [0.29, 0.717) is 17.9 Å². The maximum atomic E-state index is 14.1. The zero-order valence-corrected chi connectivity index (χ0v) is 18.6. The zero-order chi connectivity index (χ0) is 23.1. The summed E-state index contributed by atoms with van der Waals surface area (Å²) >= 11 is 0. The van der Waals surface area contributed by atoms with Gasteiger partial charge in [-0.05, 0) is 59.5 Å². The van der Waals surface area contributed by atoms with Gasteiger partial charge in [0.1, 0.15) is 12.1 Å². The fourth-order valence-corrected chi connectivity index (χ4v) is 4.34. The number of halogens is 1. The van der Waals surface area contributed by atoms with Gasteiger partial charge >= 0.3 is 0 Å². The van der Waals surface area contributed by atoms with Crippen LogP contribution in [0.3, 0.4) is 0 Å². The average molecular weight is 441 g/mol. The Morgan fingerprint density at radius 3 is 2.73 bits per heavy atom. The van der Waals surface area contributed by atoms with Crippen LogP contribution in [0.25, 0.3) is 28.2 Å². The van der Waals surface area contributed by atoms with Crippen molar-refractivity contribution < 1.29 is 4.39 Å². The maximum Gasteiger partial charge on any atom is 0.164 e. The lowest BCUT2D eigenvalue weighted by atomic mass is 9.95. The van der Waals surface area contributed by atoms with Gasteiger partial charge in [-0.2, -0.15) is 0 Å². The van der Waals surface area contributed by atoms with Crippen molar-refractivity contribution in [1.82, 2.24) is 25.0 Å². The third-order valence-electron chi connectivity index (χ3n) is 6.05. The third kappa shape index (κ3) is 3.76.